The maximum atomic E-state index is 11.5. The fourth-order valence-corrected chi connectivity index (χ4v) is 1.40. The third-order valence-corrected chi connectivity index (χ3v) is 2.24. The van der Waals surface area contributed by atoms with Crippen molar-refractivity contribution in [1.82, 2.24) is 10.3 Å². The van der Waals surface area contributed by atoms with Gasteiger partial charge >= 0.3 is 0 Å². The molecule has 0 unspecified atom stereocenters. The van der Waals surface area contributed by atoms with Crippen molar-refractivity contribution in [2.75, 3.05) is 18.9 Å². The van der Waals surface area contributed by atoms with Crippen LogP contribution < -0.4 is 10.1 Å². The van der Waals surface area contributed by atoms with Gasteiger partial charge in [-0.3, -0.25) is 4.79 Å². The first-order valence-electron chi connectivity index (χ1n) is 4.86. The van der Waals surface area contributed by atoms with Gasteiger partial charge in [-0.15, -0.1) is 0 Å². The number of ether oxygens (including phenoxy) is 1. The minimum Gasteiger partial charge on any atom is -0.477 e. The number of rotatable bonds is 5. The number of nitrogens with zero attached hydrogens (tertiary/aromatic N) is 1. The number of pyridine rings is 1. The predicted molar refractivity (Wildman–Crippen MR) is 66.6 cm³/mol. The van der Waals surface area contributed by atoms with E-state index in [9.17, 15) is 4.79 Å². The van der Waals surface area contributed by atoms with E-state index < -0.39 is 0 Å². The Hall–Kier alpha value is -0.940. The van der Waals surface area contributed by atoms with Gasteiger partial charge in [-0.05, 0) is 13.0 Å². The van der Waals surface area contributed by atoms with Gasteiger partial charge in [0.2, 0.25) is 5.88 Å². The average molecular weight is 261 g/mol. The molecule has 0 aromatic carbocycles. The van der Waals surface area contributed by atoms with Gasteiger partial charge in [0.15, 0.2) is 0 Å². The molecule has 1 amide bonds. The number of amides is 1. The lowest BCUT2D eigenvalue weighted by Crippen LogP contribution is -2.25. The Balaban J connectivity index is 2.76. The number of hydrogen-bond donors (Lipinski definition) is 2. The van der Waals surface area contributed by atoms with Crippen LogP contribution in [0, 0.1) is 0 Å². The number of hydrogen-bond acceptors (Lipinski definition) is 4. The van der Waals surface area contributed by atoms with Crippen LogP contribution in [0.15, 0.2) is 12.3 Å². The first-order chi connectivity index (χ1) is 7.69. The zero-order valence-corrected chi connectivity index (χ0v) is 10.5. The van der Waals surface area contributed by atoms with E-state index in [-0.39, 0.29) is 5.91 Å². The Morgan fingerprint density at radius 1 is 1.69 bits per heavy atom. The summed E-state index contributed by atoms with van der Waals surface area (Å²) in [5, 5.41) is 3.01. The summed E-state index contributed by atoms with van der Waals surface area (Å²) in [6, 6.07) is 1.54. The van der Waals surface area contributed by atoms with Crippen LogP contribution in [0.3, 0.4) is 0 Å². The number of carbonyl (C=O) groups excluding carboxylic acids is 1. The second kappa shape index (κ2) is 6.60. The summed E-state index contributed by atoms with van der Waals surface area (Å²) in [5.41, 5.74) is 0.412. The minimum absolute atomic E-state index is 0.216. The Morgan fingerprint density at radius 3 is 3.00 bits per heavy atom. The molecule has 1 aromatic rings. The summed E-state index contributed by atoms with van der Waals surface area (Å²) in [6.45, 7) is 2.83. The van der Waals surface area contributed by atoms with Crippen LogP contribution >= 0.6 is 24.2 Å². The third kappa shape index (κ3) is 3.57. The summed E-state index contributed by atoms with van der Waals surface area (Å²) >= 11 is 9.90. The first kappa shape index (κ1) is 13.1. The van der Waals surface area contributed by atoms with Gasteiger partial charge in [-0.2, -0.15) is 12.6 Å². The SMILES string of the molecule is CCOc1ncc(C(=O)NCCS)cc1Cl. The van der Waals surface area contributed by atoms with Crippen LogP contribution in [0.25, 0.3) is 0 Å². The smallest absolute Gasteiger partial charge is 0.252 e. The highest BCUT2D eigenvalue weighted by molar-refractivity contribution is 7.80. The number of nitrogens with one attached hydrogen (secondary N) is 1. The molecule has 0 saturated heterocycles. The highest BCUT2D eigenvalue weighted by Crippen LogP contribution is 2.22. The molecule has 1 N–H and O–H groups in total. The molecule has 0 atom stereocenters. The van der Waals surface area contributed by atoms with Crippen molar-refractivity contribution in [1.29, 1.82) is 0 Å². The van der Waals surface area contributed by atoms with E-state index in [1.807, 2.05) is 6.92 Å². The van der Waals surface area contributed by atoms with E-state index in [1.54, 1.807) is 0 Å². The van der Waals surface area contributed by atoms with E-state index in [1.165, 1.54) is 12.3 Å². The van der Waals surface area contributed by atoms with Gasteiger partial charge in [0.1, 0.15) is 5.02 Å². The van der Waals surface area contributed by atoms with Crippen molar-refractivity contribution in [3.63, 3.8) is 0 Å². The molecule has 16 heavy (non-hydrogen) atoms. The average Bonchev–Trinajstić information content (AvgIpc) is 2.29. The monoisotopic (exact) mass is 260 g/mol. The van der Waals surface area contributed by atoms with Crippen LogP contribution in [0.4, 0.5) is 0 Å². The van der Waals surface area contributed by atoms with Gasteiger partial charge in [0, 0.05) is 18.5 Å². The van der Waals surface area contributed by atoms with Crippen LogP contribution in [0.5, 0.6) is 5.88 Å². The number of thiol groups is 1. The summed E-state index contributed by atoms with van der Waals surface area (Å²) in [4.78, 5) is 15.5. The molecule has 0 aliphatic rings. The van der Waals surface area contributed by atoms with Crippen LogP contribution in [-0.4, -0.2) is 29.8 Å². The van der Waals surface area contributed by atoms with E-state index >= 15 is 0 Å². The lowest BCUT2D eigenvalue weighted by atomic mass is 10.2. The van der Waals surface area contributed by atoms with Crippen LogP contribution in [0.2, 0.25) is 5.02 Å². The fraction of sp³-hybridized carbons (Fsp3) is 0.400. The Labute approximate surface area is 105 Å². The molecule has 1 rings (SSSR count). The number of halogens is 1. The van der Waals surface area contributed by atoms with Crippen molar-refractivity contribution in [3.05, 3.63) is 22.8 Å². The molecule has 0 bridgehead atoms. The molecule has 0 aliphatic carbocycles. The lowest BCUT2D eigenvalue weighted by Gasteiger charge is -2.06. The zero-order chi connectivity index (χ0) is 12.0. The summed E-state index contributed by atoms with van der Waals surface area (Å²) in [6.07, 6.45) is 1.44. The van der Waals surface area contributed by atoms with Crippen LogP contribution in [0.1, 0.15) is 17.3 Å². The van der Waals surface area contributed by atoms with Gasteiger partial charge < -0.3 is 10.1 Å². The Kier molecular flexibility index (Phi) is 5.42. The molecule has 0 saturated carbocycles. The van der Waals surface area contributed by atoms with Gasteiger partial charge in [-0.25, -0.2) is 4.98 Å². The molecular formula is C10H13ClN2O2S. The van der Waals surface area contributed by atoms with Gasteiger partial charge in [0.25, 0.3) is 5.91 Å². The highest BCUT2D eigenvalue weighted by Gasteiger charge is 2.09. The second-order valence-corrected chi connectivity index (χ2v) is 3.78. The number of aromatic nitrogens is 1. The molecule has 6 heteroatoms. The first-order valence-corrected chi connectivity index (χ1v) is 5.87. The standard InChI is InChI=1S/C10H13ClN2O2S/c1-2-15-10-8(11)5-7(6-13-10)9(14)12-3-4-16/h5-6,16H,2-4H2,1H3,(H,12,14). The largest absolute Gasteiger partial charge is 0.477 e. The molecule has 4 nitrogen and oxygen atoms in total. The summed E-state index contributed by atoms with van der Waals surface area (Å²) in [5.74, 6) is 0.714. The van der Waals surface area contributed by atoms with Gasteiger partial charge in [0.05, 0.1) is 12.2 Å². The lowest BCUT2D eigenvalue weighted by molar-refractivity contribution is 0.0956. The highest BCUT2D eigenvalue weighted by atomic mass is 35.5. The number of carbonyl (C=O) groups is 1. The van der Waals surface area contributed by atoms with E-state index in [4.69, 9.17) is 16.3 Å². The third-order valence-electron chi connectivity index (χ3n) is 1.75. The molecular weight excluding hydrogens is 248 g/mol. The molecule has 88 valence electrons. The topological polar surface area (TPSA) is 51.2 Å². The second-order valence-electron chi connectivity index (χ2n) is 2.92. The quantitative estimate of drug-likeness (QED) is 0.794. The van der Waals surface area contributed by atoms with E-state index in [0.29, 0.717) is 35.4 Å². The van der Waals surface area contributed by atoms with Gasteiger partial charge in [-0.1, -0.05) is 11.6 Å². The zero-order valence-electron chi connectivity index (χ0n) is 8.86. The normalized spacial score (nSPS) is 9.94. The fourth-order valence-electron chi connectivity index (χ4n) is 1.06. The molecule has 1 heterocycles. The summed E-state index contributed by atoms with van der Waals surface area (Å²) in [7, 11) is 0. The molecule has 0 aliphatic heterocycles. The maximum absolute atomic E-state index is 11.5. The van der Waals surface area contributed by atoms with Crippen molar-refractivity contribution in [2.24, 2.45) is 0 Å². The maximum Gasteiger partial charge on any atom is 0.252 e. The predicted octanol–water partition coefficient (Wildman–Crippen LogP) is 1.79. The van der Waals surface area contributed by atoms with Crippen LogP contribution in [-0.2, 0) is 0 Å². The molecule has 0 fully saturated rings. The molecule has 0 radical (unpaired) electrons. The van der Waals surface area contributed by atoms with E-state index in [0.717, 1.165) is 0 Å². The molecule has 1 aromatic heterocycles. The Bertz CT molecular complexity index is 374. The van der Waals surface area contributed by atoms with E-state index in [2.05, 4.69) is 22.9 Å². The van der Waals surface area contributed by atoms with Crippen molar-refractivity contribution < 1.29 is 9.53 Å². The Morgan fingerprint density at radius 2 is 2.44 bits per heavy atom. The van der Waals surface area contributed by atoms with Crippen molar-refractivity contribution in [2.45, 2.75) is 6.92 Å². The van der Waals surface area contributed by atoms with Crippen molar-refractivity contribution in [3.8, 4) is 5.88 Å². The van der Waals surface area contributed by atoms with Crippen molar-refractivity contribution >= 4 is 30.1 Å². The summed E-state index contributed by atoms with van der Waals surface area (Å²) < 4.78 is 5.17. The molecule has 0 spiro atoms. The minimum atomic E-state index is -0.216.